The Morgan fingerprint density at radius 2 is 1.69 bits per heavy atom. The molecule has 0 spiro atoms. The number of hydrogen-bond acceptors (Lipinski definition) is 4. The Bertz CT molecular complexity index is 1410. The minimum absolute atomic E-state index is 0.0827. The first-order valence-electron chi connectivity index (χ1n) is 12.6. The van der Waals surface area contributed by atoms with Crippen LogP contribution in [0.15, 0.2) is 42.7 Å². The van der Waals surface area contributed by atoms with Crippen LogP contribution in [0, 0.1) is 0 Å². The average molecular weight is 469 g/mol. The minimum atomic E-state index is -0.0827. The number of fused-ring (bicyclic) bond motifs is 2. The molecule has 182 valence electrons. The molecular weight excluding hydrogens is 432 g/mol. The van der Waals surface area contributed by atoms with Crippen LogP contribution in [0.4, 0.5) is 11.4 Å². The first-order valence-corrected chi connectivity index (χ1v) is 12.6. The molecule has 4 aromatic rings. The van der Waals surface area contributed by atoms with Crippen LogP contribution >= 0.6 is 0 Å². The molecule has 0 unspecified atom stereocenters. The van der Waals surface area contributed by atoms with E-state index in [4.69, 9.17) is 10.7 Å². The van der Waals surface area contributed by atoms with Gasteiger partial charge in [0.05, 0.1) is 22.4 Å². The van der Waals surface area contributed by atoms with Gasteiger partial charge in [0, 0.05) is 30.1 Å². The third-order valence-corrected chi connectivity index (χ3v) is 6.72. The monoisotopic (exact) mass is 468 g/mol. The second-order valence-electron chi connectivity index (χ2n) is 10.1. The molecule has 2 aromatic carbocycles. The van der Waals surface area contributed by atoms with E-state index in [2.05, 4.69) is 69.2 Å². The van der Waals surface area contributed by atoms with E-state index >= 15 is 0 Å². The van der Waals surface area contributed by atoms with E-state index in [0.717, 1.165) is 52.4 Å². The molecule has 0 saturated heterocycles. The van der Waals surface area contributed by atoms with E-state index in [9.17, 15) is 4.79 Å². The molecule has 0 atom stereocenters. The van der Waals surface area contributed by atoms with E-state index < -0.39 is 0 Å². The third kappa shape index (κ3) is 5.00. The lowest BCUT2D eigenvalue weighted by molar-refractivity contribution is -0.114. The van der Waals surface area contributed by atoms with Crippen LogP contribution in [0.25, 0.3) is 21.8 Å². The zero-order chi connectivity index (χ0) is 25.3. The van der Waals surface area contributed by atoms with Crippen LogP contribution < -0.4 is 11.1 Å². The Labute approximate surface area is 208 Å². The maximum absolute atomic E-state index is 11.8. The Kier molecular flexibility index (Phi) is 7.06. The highest BCUT2D eigenvalue weighted by atomic mass is 16.1. The molecule has 0 bridgehead atoms. The first kappa shape index (κ1) is 24.6. The minimum Gasteiger partial charge on any atom is -0.397 e. The summed E-state index contributed by atoms with van der Waals surface area (Å²) < 4.78 is 0. The van der Waals surface area contributed by atoms with Gasteiger partial charge in [-0.2, -0.15) is 0 Å². The second kappa shape index (κ2) is 10.0. The molecule has 0 aliphatic heterocycles. The fourth-order valence-electron chi connectivity index (χ4n) is 5.09. The Balaban J connectivity index is 1.77. The van der Waals surface area contributed by atoms with E-state index in [1.807, 2.05) is 18.5 Å². The van der Waals surface area contributed by atoms with Gasteiger partial charge >= 0.3 is 0 Å². The molecule has 0 aliphatic rings. The molecule has 35 heavy (non-hydrogen) atoms. The number of aryl methyl sites for hydroxylation is 3. The number of nitrogens with two attached hydrogens (primary N) is 1. The summed E-state index contributed by atoms with van der Waals surface area (Å²) in [4.78, 5) is 21.2. The maximum atomic E-state index is 11.8. The zero-order valence-corrected chi connectivity index (χ0v) is 21.7. The van der Waals surface area contributed by atoms with E-state index in [-0.39, 0.29) is 5.91 Å². The normalized spacial score (nSPS) is 11.7. The van der Waals surface area contributed by atoms with Crippen molar-refractivity contribution < 1.29 is 4.79 Å². The number of carbonyl (C=O) groups is 1. The molecule has 0 radical (unpaired) electrons. The summed E-state index contributed by atoms with van der Waals surface area (Å²) in [6.07, 6.45) is 6.46. The van der Waals surface area contributed by atoms with Crippen molar-refractivity contribution in [1.29, 1.82) is 0 Å². The van der Waals surface area contributed by atoms with Crippen LogP contribution in [0.3, 0.4) is 0 Å². The number of aromatic nitrogens is 2. The van der Waals surface area contributed by atoms with Gasteiger partial charge in [0.1, 0.15) is 0 Å². The Morgan fingerprint density at radius 1 is 0.943 bits per heavy atom. The van der Waals surface area contributed by atoms with Crippen molar-refractivity contribution in [3.05, 3.63) is 70.5 Å². The lowest BCUT2D eigenvalue weighted by Crippen LogP contribution is -2.09. The molecule has 4 rings (SSSR count). The van der Waals surface area contributed by atoms with Gasteiger partial charge in [0.25, 0.3) is 0 Å². The van der Waals surface area contributed by atoms with E-state index in [0.29, 0.717) is 11.8 Å². The molecule has 0 fully saturated rings. The van der Waals surface area contributed by atoms with Gasteiger partial charge < -0.3 is 11.1 Å². The number of benzene rings is 2. The average Bonchev–Trinajstić information content (AvgIpc) is 2.81. The van der Waals surface area contributed by atoms with Crippen LogP contribution in [0.1, 0.15) is 81.2 Å². The summed E-state index contributed by atoms with van der Waals surface area (Å²) in [7, 11) is 0. The highest BCUT2D eigenvalue weighted by Gasteiger charge is 2.17. The van der Waals surface area contributed by atoms with Crippen LogP contribution in [-0.4, -0.2) is 15.9 Å². The van der Waals surface area contributed by atoms with Crippen molar-refractivity contribution in [2.24, 2.45) is 0 Å². The maximum Gasteiger partial charge on any atom is 0.221 e. The van der Waals surface area contributed by atoms with Crippen molar-refractivity contribution >= 4 is 39.1 Å². The van der Waals surface area contributed by atoms with Gasteiger partial charge in [-0.25, -0.2) is 0 Å². The SMILES string of the molecule is CCc1cc(NC(C)=O)c2ncc(CCc3cc(N)c4nccc(C(C)C)c4c3)c(C(C)C)c2c1. The predicted octanol–water partition coefficient (Wildman–Crippen LogP) is 6.92. The number of pyridine rings is 2. The van der Waals surface area contributed by atoms with Gasteiger partial charge in [-0.15, -0.1) is 0 Å². The summed E-state index contributed by atoms with van der Waals surface area (Å²) in [6, 6.07) is 10.7. The standard InChI is InChI=1S/C30H36N4O/c1-7-20-12-25-28(18(4)5)22(16-33-30(25)27(15-20)34-19(6)35)9-8-21-13-24-23(17(2)3)10-11-32-29(24)26(31)14-21/h10-18H,7-9,31H2,1-6H3,(H,34,35). The third-order valence-electron chi connectivity index (χ3n) is 6.72. The summed E-state index contributed by atoms with van der Waals surface area (Å²) in [5.41, 5.74) is 15.9. The number of amides is 1. The summed E-state index contributed by atoms with van der Waals surface area (Å²) in [6.45, 7) is 12.5. The van der Waals surface area contributed by atoms with Crippen LogP contribution in [0.2, 0.25) is 0 Å². The Morgan fingerprint density at radius 3 is 2.34 bits per heavy atom. The van der Waals surface area contributed by atoms with Crippen molar-refractivity contribution in [2.75, 3.05) is 11.1 Å². The first-order chi connectivity index (χ1) is 16.7. The van der Waals surface area contributed by atoms with E-state index in [1.165, 1.54) is 34.7 Å². The smallest absolute Gasteiger partial charge is 0.221 e. The van der Waals surface area contributed by atoms with Crippen molar-refractivity contribution in [2.45, 2.75) is 72.6 Å². The highest BCUT2D eigenvalue weighted by Crippen LogP contribution is 2.34. The van der Waals surface area contributed by atoms with Gasteiger partial charge in [-0.3, -0.25) is 14.8 Å². The fraction of sp³-hybridized carbons (Fsp3) is 0.367. The molecule has 0 aliphatic carbocycles. The van der Waals surface area contributed by atoms with Crippen molar-refractivity contribution in [3.63, 3.8) is 0 Å². The quantitative estimate of drug-likeness (QED) is 0.289. The van der Waals surface area contributed by atoms with Crippen molar-refractivity contribution in [3.8, 4) is 0 Å². The second-order valence-corrected chi connectivity index (χ2v) is 10.1. The molecule has 1 amide bonds. The number of anilines is 2. The van der Waals surface area contributed by atoms with Crippen LogP contribution in [0.5, 0.6) is 0 Å². The number of nitrogens with zero attached hydrogens (tertiary/aromatic N) is 2. The molecule has 5 heteroatoms. The molecule has 0 saturated carbocycles. The van der Waals surface area contributed by atoms with Gasteiger partial charge in [0.2, 0.25) is 5.91 Å². The molecule has 3 N–H and O–H groups in total. The number of hydrogen-bond donors (Lipinski definition) is 2. The van der Waals surface area contributed by atoms with Gasteiger partial charge in [-0.1, -0.05) is 34.6 Å². The topological polar surface area (TPSA) is 80.9 Å². The van der Waals surface area contributed by atoms with Gasteiger partial charge in [-0.05, 0) is 89.2 Å². The Hall–Kier alpha value is -3.47. The number of carbonyl (C=O) groups excluding carboxylic acids is 1. The molecular formula is C30H36N4O. The summed E-state index contributed by atoms with van der Waals surface area (Å²) in [5.74, 6) is 0.643. The fourth-order valence-corrected chi connectivity index (χ4v) is 5.09. The number of nitrogens with one attached hydrogen (secondary N) is 1. The lowest BCUT2D eigenvalue weighted by atomic mass is 9.89. The predicted molar refractivity (Wildman–Crippen MR) is 147 cm³/mol. The number of nitrogen functional groups attached to an aromatic ring is 1. The number of rotatable bonds is 7. The van der Waals surface area contributed by atoms with Crippen LogP contribution in [-0.2, 0) is 24.1 Å². The largest absolute Gasteiger partial charge is 0.397 e. The lowest BCUT2D eigenvalue weighted by Gasteiger charge is -2.19. The van der Waals surface area contributed by atoms with E-state index in [1.54, 1.807) is 0 Å². The molecule has 2 aromatic heterocycles. The molecule has 2 heterocycles. The van der Waals surface area contributed by atoms with Gasteiger partial charge in [0.15, 0.2) is 0 Å². The summed E-state index contributed by atoms with van der Waals surface area (Å²) >= 11 is 0. The highest BCUT2D eigenvalue weighted by molar-refractivity contribution is 6.01. The van der Waals surface area contributed by atoms with Crippen molar-refractivity contribution in [1.82, 2.24) is 9.97 Å². The summed E-state index contributed by atoms with van der Waals surface area (Å²) in [5, 5.41) is 5.26. The zero-order valence-electron chi connectivity index (χ0n) is 21.7. The molecule has 5 nitrogen and oxygen atoms in total.